The molecule has 1 saturated carbocycles. The Labute approximate surface area is 214 Å². The van der Waals surface area contributed by atoms with Crippen molar-refractivity contribution in [3.8, 4) is 11.5 Å². The summed E-state index contributed by atoms with van der Waals surface area (Å²) in [6.07, 6.45) is 2.88. The second kappa shape index (κ2) is 10.7. The summed E-state index contributed by atoms with van der Waals surface area (Å²) in [5, 5.41) is 2.01. The number of methoxy groups -OCH3 is 1. The largest absolute Gasteiger partial charge is 0.497 e. The molecule has 0 saturated heterocycles. The minimum Gasteiger partial charge on any atom is -0.497 e. The van der Waals surface area contributed by atoms with E-state index in [9.17, 15) is 14.0 Å². The van der Waals surface area contributed by atoms with Gasteiger partial charge < -0.3 is 19.3 Å². The van der Waals surface area contributed by atoms with Gasteiger partial charge in [0.15, 0.2) is 11.6 Å². The third-order valence-corrected chi connectivity index (χ3v) is 7.75. The van der Waals surface area contributed by atoms with E-state index in [0.717, 1.165) is 24.8 Å². The van der Waals surface area contributed by atoms with Crippen LogP contribution >= 0.6 is 11.3 Å². The Kier molecular flexibility index (Phi) is 7.23. The van der Waals surface area contributed by atoms with E-state index >= 15 is 0 Å². The fourth-order valence-corrected chi connectivity index (χ4v) is 5.56. The molecule has 188 valence electrons. The first-order chi connectivity index (χ1) is 17.5. The molecule has 8 heteroatoms. The Morgan fingerprint density at radius 1 is 1.14 bits per heavy atom. The molecular formula is C28H29FN2O4S. The molecule has 1 aromatic heterocycles. The highest BCUT2D eigenvalue weighted by atomic mass is 32.1. The van der Waals surface area contributed by atoms with Gasteiger partial charge in [-0.1, -0.05) is 18.2 Å². The van der Waals surface area contributed by atoms with Gasteiger partial charge in [-0.3, -0.25) is 9.59 Å². The summed E-state index contributed by atoms with van der Waals surface area (Å²) < 4.78 is 25.3. The number of carbonyl (C=O) groups is 2. The second-order valence-corrected chi connectivity index (χ2v) is 10.3. The van der Waals surface area contributed by atoms with Crippen LogP contribution in [0.15, 0.2) is 60.0 Å². The Hall–Kier alpha value is -3.39. The Morgan fingerprint density at radius 3 is 2.75 bits per heavy atom. The highest BCUT2D eigenvalue weighted by molar-refractivity contribution is 7.10. The third-order valence-electron chi connectivity index (χ3n) is 6.75. The van der Waals surface area contributed by atoms with Crippen molar-refractivity contribution >= 4 is 23.2 Å². The Morgan fingerprint density at radius 2 is 1.97 bits per heavy atom. The van der Waals surface area contributed by atoms with Gasteiger partial charge >= 0.3 is 0 Å². The lowest BCUT2D eigenvalue weighted by Gasteiger charge is -2.37. The van der Waals surface area contributed by atoms with E-state index in [-0.39, 0.29) is 36.8 Å². The highest BCUT2D eigenvalue weighted by Crippen LogP contribution is 2.35. The van der Waals surface area contributed by atoms with Crippen LogP contribution in [0, 0.1) is 11.7 Å². The molecule has 1 fully saturated rings. The normalized spacial score (nSPS) is 16.8. The van der Waals surface area contributed by atoms with Crippen molar-refractivity contribution in [2.24, 2.45) is 5.92 Å². The number of benzene rings is 2. The van der Waals surface area contributed by atoms with Gasteiger partial charge in [0.2, 0.25) is 5.91 Å². The SMILES string of the molecule is COc1cccc(C(=O)N(CC(=O)N2CCc3sccc3[C@@H]2COc2ccccc2F)CC2CC2)c1. The van der Waals surface area contributed by atoms with Gasteiger partial charge in [0.25, 0.3) is 5.91 Å². The zero-order valence-electron chi connectivity index (χ0n) is 20.2. The summed E-state index contributed by atoms with van der Waals surface area (Å²) in [5.41, 5.74) is 1.53. The van der Waals surface area contributed by atoms with Gasteiger partial charge in [-0.15, -0.1) is 11.3 Å². The molecule has 3 aromatic rings. The quantitative estimate of drug-likeness (QED) is 0.410. The molecular weight excluding hydrogens is 479 g/mol. The number of thiophene rings is 1. The summed E-state index contributed by atoms with van der Waals surface area (Å²) in [5.74, 6) is 0.446. The zero-order chi connectivity index (χ0) is 25.1. The monoisotopic (exact) mass is 508 g/mol. The van der Waals surface area contributed by atoms with Crippen molar-refractivity contribution in [3.63, 3.8) is 0 Å². The van der Waals surface area contributed by atoms with Crippen LogP contribution in [0.3, 0.4) is 0 Å². The van der Waals surface area contributed by atoms with Gasteiger partial charge in [-0.05, 0) is 72.5 Å². The van der Waals surface area contributed by atoms with Gasteiger partial charge in [0.1, 0.15) is 18.9 Å². The van der Waals surface area contributed by atoms with Crippen molar-refractivity contribution in [3.05, 3.63) is 81.8 Å². The van der Waals surface area contributed by atoms with E-state index in [0.29, 0.717) is 30.3 Å². The number of hydrogen-bond donors (Lipinski definition) is 0. The molecule has 0 unspecified atom stereocenters. The molecule has 1 atom stereocenters. The van der Waals surface area contributed by atoms with E-state index in [1.807, 2.05) is 11.4 Å². The Balaban J connectivity index is 1.35. The number of ether oxygens (including phenoxy) is 2. The smallest absolute Gasteiger partial charge is 0.254 e. The highest BCUT2D eigenvalue weighted by Gasteiger charge is 2.35. The summed E-state index contributed by atoms with van der Waals surface area (Å²) in [6.45, 7) is 1.21. The maximum Gasteiger partial charge on any atom is 0.254 e. The number of para-hydroxylation sites is 1. The van der Waals surface area contributed by atoms with Crippen LogP contribution in [-0.4, -0.2) is 55.0 Å². The summed E-state index contributed by atoms with van der Waals surface area (Å²) in [6, 6.07) is 15.0. The molecule has 0 bridgehead atoms. The van der Waals surface area contributed by atoms with E-state index in [1.54, 1.807) is 70.7 Å². The molecule has 0 N–H and O–H groups in total. The molecule has 2 aliphatic rings. The number of halogens is 1. The molecule has 36 heavy (non-hydrogen) atoms. The number of rotatable bonds is 9. The standard InChI is InChI=1S/C28H29FN2O4S/c1-34-21-6-4-5-20(15-21)28(33)30(16-19-9-10-19)17-27(32)31-13-11-26-22(12-14-36-26)24(31)18-35-25-8-3-2-7-23(25)29/h2-8,12,14-15,19,24H,9-11,13,16-18H2,1H3/t24-/m0/s1. The topological polar surface area (TPSA) is 59.1 Å². The lowest BCUT2D eigenvalue weighted by Crippen LogP contribution is -2.48. The van der Waals surface area contributed by atoms with Crippen molar-refractivity contribution in [1.82, 2.24) is 9.80 Å². The number of carbonyl (C=O) groups excluding carboxylic acids is 2. The van der Waals surface area contributed by atoms with Crippen molar-refractivity contribution in [2.75, 3.05) is 33.4 Å². The van der Waals surface area contributed by atoms with Gasteiger partial charge in [0, 0.05) is 23.5 Å². The first kappa shape index (κ1) is 24.3. The lowest BCUT2D eigenvalue weighted by atomic mass is 10.00. The predicted octanol–water partition coefficient (Wildman–Crippen LogP) is 4.95. The van der Waals surface area contributed by atoms with Crippen molar-refractivity contribution in [1.29, 1.82) is 0 Å². The first-order valence-electron chi connectivity index (χ1n) is 12.2. The van der Waals surface area contributed by atoms with Crippen LogP contribution in [0.2, 0.25) is 0 Å². The molecule has 1 aliphatic carbocycles. The lowest BCUT2D eigenvalue weighted by molar-refractivity contribution is -0.135. The maximum atomic E-state index is 14.2. The number of hydrogen-bond acceptors (Lipinski definition) is 5. The molecule has 5 rings (SSSR count). The predicted molar refractivity (Wildman–Crippen MR) is 136 cm³/mol. The van der Waals surface area contributed by atoms with Crippen LogP contribution in [0.1, 0.15) is 39.7 Å². The number of amides is 2. The second-order valence-electron chi connectivity index (χ2n) is 9.25. The minimum atomic E-state index is -0.434. The molecule has 0 radical (unpaired) electrons. The van der Waals surface area contributed by atoms with Crippen LogP contribution in [0.5, 0.6) is 11.5 Å². The molecule has 2 amide bonds. The van der Waals surface area contributed by atoms with E-state index < -0.39 is 5.82 Å². The molecule has 2 heterocycles. The fourth-order valence-electron chi connectivity index (χ4n) is 4.63. The van der Waals surface area contributed by atoms with Gasteiger partial charge in [-0.2, -0.15) is 0 Å². The van der Waals surface area contributed by atoms with Crippen LogP contribution in [0.25, 0.3) is 0 Å². The molecule has 2 aromatic carbocycles. The third kappa shape index (κ3) is 5.38. The van der Waals surface area contributed by atoms with Gasteiger partial charge in [0.05, 0.1) is 13.2 Å². The Bertz CT molecular complexity index is 1240. The summed E-state index contributed by atoms with van der Waals surface area (Å²) in [7, 11) is 1.56. The summed E-state index contributed by atoms with van der Waals surface area (Å²) in [4.78, 5) is 31.7. The van der Waals surface area contributed by atoms with E-state index in [1.165, 1.54) is 10.9 Å². The van der Waals surface area contributed by atoms with Crippen LogP contribution in [-0.2, 0) is 11.2 Å². The van der Waals surface area contributed by atoms with E-state index in [2.05, 4.69) is 0 Å². The molecule has 0 spiro atoms. The zero-order valence-corrected chi connectivity index (χ0v) is 21.0. The van der Waals surface area contributed by atoms with E-state index in [4.69, 9.17) is 9.47 Å². The van der Waals surface area contributed by atoms with Crippen molar-refractivity contribution in [2.45, 2.75) is 25.3 Å². The van der Waals surface area contributed by atoms with Crippen molar-refractivity contribution < 1.29 is 23.5 Å². The first-order valence-corrected chi connectivity index (χ1v) is 13.1. The molecule has 6 nitrogen and oxygen atoms in total. The average Bonchev–Trinajstić information content (AvgIpc) is 3.59. The molecule has 1 aliphatic heterocycles. The van der Waals surface area contributed by atoms with Crippen LogP contribution < -0.4 is 9.47 Å². The fraction of sp³-hybridized carbons (Fsp3) is 0.357. The summed E-state index contributed by atoms with van der Waals surface area (Å²) >= 11 is 1.66. The average molecular weight is 509 g/mol. The maximum absolute atomic E-state index is 14.2. The number of fused-ring (bicyclic) bond motifs is 1. The van der Waals surface area contributed by atoms with Gasteiger partial charge in [-0.25, -0.2) is 4.39 Å². The minimum absolute atomic E-state index is 0.0117. The number of nitrogens with zero attached hydrogens (tertiary/aromatic N) is 2. The van der Waals surface area contributed by atoms with Crippen LogP contribution in [0.4, 0.5) is 4.39 Å².